The Morgan fingerprint density at radius 3 is 2.19 bits per heavy atom. The summed E-state index contributed by atoms with van der Waals surface area (Å²) < 4.78 is 0. The third kappa shape index (κ3) is 8.88. The van der Waals surface area contributed by atoms with Crippen molar-refractivity contribution in [3.05, 3.63) is 0 Å². The van der Waals surface area contributed by atoms with Gasteiger partial charge in [-0.3, -0.25) is 0 Å². The second-order valence-corrected chi connectivity index (χ2v) is 2.33. The molecule has 6 N–H and O–H groups in total. The van der Waals surface area contributed by atoms with Crippen LogP contribution in [0.25, 0.3) is 0 Å². The van der Waals surface area contributed by atoms with Crippen molar-refractivity contribution in [3.8, 4) is 0 Å². The minimum absolute atomic E-state index is 0. The molecule has 0 rings (SSSR count). The SMILES string of the molecule is NCCNOC(=O)C(O)C(O)C(=O)O.[H-].[H-].[Na+].[Na+]. The molecule has 0 aromatic heterocycles. The Morgan fingerprint density at radius 2 is 1.81 bits per heavy atom. The molecule has 0 aliphatic rings. The van der Waals surface area contributed by atoms with Gasteiger partial charge in [0.15, 0.2) is 12.2 Å². The zero-order chi connectivity index (χ0) is 11.1. The zero-order valence-corrected chi connectivity index (χ0v) is 13.2. The van der Waals surface area contributed by atoms with Gasteiger partial charge in [0.25, 0.3) is 0 Å². The summed E-state index contributed by atoms with van der Waals surface area (Å²) in [7, 11) is 0. The van der Waals surface area contributed by atoms with Crippen LogP contribution in [-0.4, -0.2) is 52.6 Å². The van der Waals surface area contributed by atoms with Crippen LogP contribution in [0.3, 0.4) is 0 Å². The molecule has 0 aromatic rings. The second kappa shape index (κ2) is 12.2. The van der Waals surface area contributed by atoms with Crippen molar-refractivity contribution in [1.82, 2.24) is 5.48 Å². The quantitative estimate of drug-likeness (QED) is 0.179. The first-order chi connectivity index (χ1) is 6.50. The van der Waals surface area contributed by atoms with Crippen LogP contribution in [0.4, 0.5) is 0 Å². The average Bonchev–Trinajstić information content (AvgIpc) is 2.15. The largest absolute Gasteiger partial charge is 1.00 e. The van der Waals surface area contributed by atoms with Crippen LogP contribution in [0, 0.1) is 0 Å². The van der Waals surface area contributed by atoms with Gasteiger partial charge in [-0.05, 0) is 0 Å². The summed E-state index contributed by atoms with van der Waals surface area (Å²) in [5, 5.41) is 25.8. The number of hydrogen-bond acceptors (Lipinski definition) is 7. The van der Waals surface area contributed by atoms with E-state index >= 15 is 0 Å². The Hall–Kier alpha value is 0.780. The summed E-state index contributed by atoms with van der Waals surface area (Å²) in [6, 6.07) is 0. The number of hydroxylamine groups is 1. The van der Waals surface area contributed by atoms with Crippen molar-refractivity contribution in [2.75, 3.05) is 13.1 Å². The van der Waals surface area contributed by atoms with Gasteiger partial charge in [0, 0.05) is 13.1 Å². The molecule has 0 aliphatic carbocycles. The zero-order valence-electron chi connectivity index (χ0n) is 11.2. The molecule has 0 saturated heterocycles. The molecule has 10 heteroatoms. The van der Waals surface area contributed by atoms with E-state index < -0.39 is 24.1 Å². The number of carbonyl (C=O) groups is 2. The second-order valence-electron chi connectivity index (χ2n) is 2.33. The van der Waals surface area contributed by atoms with Gasteiger partial charge in [0.2, 0.25) is 0 Å². The number of nitrogens with one attached hydrogen (secondary N) is 1. The number of aliphatic hydroxyl groups is 2. The predicted octanol–water partition coefficient (Wildman–Crippen LogP) is -8.97. The molecule has 0 bridgehead atoms. The summed E-state index contributed by atoms with van der Waals surface area (Å²) in [5.74, 6) is -3.00. The number of nitrogens with two attached hydrogens (primary N) is 1. The van der Waals surface area contributed by atoms with E-state index in [0.29, 0.717) is 0 Å². The third-order valence-electron chi connectivity index (χ3n) is 1.21. The Bertz CT molecular complexity index is 226. The van der Waals surface area contributed by atoms with Gasteiger partial charge in [-0.2, -0.15) is 5.48 Å². The molecule has 86 valence electrons. The van der Waals surface area contributed by atoms with E-state index in [1.54, 1.807) is 0 Å². The fourth-order valence-electron chi connectivity index (χ4n) is 0.505. The molecule has 0 saturated carbocycles. The maximum absolute atomic E-state index is 10.8. The van der Waals surface area contributed by atoms with E-state index in [-0.39, 0.29) is 75.1 Å². The molecular weight excluding hydrogens is 242 g/mol. The summed E-state index contributed by atoms with van der Waals surface area (Å²) in [5.41, 5.74) is 7.11. The van der Waals surface area contributed by atoms with Gasteiger partial charge in [0.1, 0.15) is 0 Å². The number of rotatable bonds is 6. The monoisotopic (exact) mass is 256 g/mol. The van der Waals surface area contributed by atoms with Crippen molar-refractivity contribution in [3.63, 3.8) is 0 Å². The van der Waals surface area contributed by atoms with Gasteiger partial charge in [-0.1, -0.05) is 0 Å². The van der Waals surface area contributed by atoms with Gasteiger partial charge < -0.3 is 28.7 Å². The molecular formula is C6H14N2Na2O6. The maximum Gasteiger partial charge on any atom is 1.00 e. The van der Waals surface area contributed by atoms with Crippen LogP contribution in [0.2, 0.25) is 0 Å². The van der Waals surface area contributed by atoms with Gasteiger partial charge in [-0.15, -0.1) is 0 Å². The van der Waals surface area contributed by atoms with Crippen LogP contribution < -0.4 is 70.3 Å². The first-order valence-electron chi connectivity index (χ1n) is 3.73. The number of hydrogen-bond donors (Lipinski definition) is 5. The summed E-state index contributed by atoms with van der Waals surface area (Å²) >= 11 is 0. The van der Waals surface area contributed by atoms with Crippen LogP contribution in [0.15, 0.2) is 0 Å². The standard InChI is InChI=1S/C6H12N2O6.2Na.2H/c7-1-2-8-14-6(13)4(10)3(9)5(11)12;;;;/h3-4,8-10H,1-2,7H2,(H,11,12);;;;/q;2*+1;2*-1. The van der Waals surface area contributed by atoms with Crippen molar-refractivity contribution in [2.45, 2.75) is 12.2 Å². The Balaban J connectivity index is -0.000000141. The van der Waals surface area contributed by atoms with Crippen molar-refractivity contribution in [2.24, 2.45) is 5.73 Å². The molecule has 16 heavy (non-hydrogen) atoms. The number of aliphatic carboxylic acids is 1. The number of carboxylic acid groups (broad SMARTS) is 1. The topological polar surface area (TPSA) is 142 Å². The maximum atomic E-state index is 10.8. The van der Waals surface area contributed by atoms with Gasteiger partial charge in [-0.25, -0.2) is 9.59 Å². The van der Waals surface area contributed by atoms with Crippen LogP contribution in [0.5, 0.6) is 0 Å². The summed E-state index contributed by atoms with van der Waals surface area (Å²) in [6.07, 6.45) is -4.33. The molecule has 0 heterocycles. The fourth-order valence-corrected chi connectivity index (χ4v) is 0.505. The van der Waals surface area contributed by atoms with Crippen LogP contribution in [-0.2, 0) is 14.4 Å². The Morgan fingerprint density at radius 1 is 1.31 bits per heavy atom. The van der Waals surface area contributed by atoms with E-state index in [9.17, 15) is 9.59 Å². The molecule has 2 atom stereocenters. The van der Waals surface area contributed by atoms with Crippen molar-refractivity contribution >= 4 is 11.9 Å². The molecule has 0 radical (unpaired) electrons. The molecule has 0 aliphatic heterocycles. The van der Waals surface area contributed by atoms with Crippen molar-refractivity contribution < 1.29 is 91.7 Å². The normalized spacial score (nSPS) is 12.7. The van der Waals surface area contributed by atoms with Crippen LogP contribution >= 0.6 is 0 Å². The van der Waals surface area contributed by atoms with Gasteiger partial charge >= 0.3 is 71.1 Å². The van der Waals surface area contributed by atoms with Gasteiger partial charge in [0.05, 0.1) is 0 Å². The smallest absolute Gasteiger partial charge is 1.00 e. The van der Waals surface area contributed by atoms with E-state index in [0.717, 1.165) is 0 Å². The molecule has 0 spiro atoms. The molecule has 0 amide bonds. The fraction of sp³-hybridized carbons (Fsp3) is 0.667. The minimum Gasteiger partial charge on any atom is -1.00 e. The summed E-state index contributed by atoms with van der Waals surface area (Å²) in [4.78, 5) is 25.1. The Labute approximate surface area is 139 Å². The van der Waals surface area contributed by atoms with E-state index in [1.807, 2.05) is 0 Å². The molecule has 0 aromatic carbocycles. The molecule has 2 unspecified atom stereocenters. The van der Waals surface area contributed by atoms with Crippen molar-refractivity contribution in [1.29, 1.82) is 0 Å². The minimum atomic E-state index is -2.21. The van der Waals surface area contributed by atoms with E-state index in [1.165, 1.54) is 0 Å². The average molecular weight is 256 g/mol. The van der Waals surface area contributed by atoms with E-state index in [4.69, 9.17) is 21.1 Å². The number of carboxylic acids is 1. The van der Waals surface area contributed by atoms with E-state index in [2.05, 4.69) is 10.3 Å². The molecule has 0 fully saturated rings. The summed E-state index contributed by atoms with van der Waals surface area (Å²) in [6.45, 7) is 0.354. The number of carbonyl (C=O) groups excluding carboxylic acids is 1. The Kier molecular flexibility index (Phi) is 16.8. The van der Waals surface area contributed by atoms with Crippen LogP contribution in [0.1, 0.15) is 2.85 Å². The number of aliphatic hydroxyl groups excluding tert-OH is 2. The predicted molar refractivity (Wildman–Crippen MR) is 45.0 cm³/mol. The third-order valence-corrected chi connectivity index (χ3v) is 1.21. The first kappa shape index (κ1) is 22.0. The first-order valence-corrected chi connectivity index (χ1v) is 3.73. The molecule has 8 nitrogen and oxygen atoms in total.